The zero-order valence-corrected chi connectivity index (χ0v) is 22.6. The van der Waals surface area contributed by atoms with Gasteiger partial charge in [0.05, 0.1) is 13.2 Å². The highest BCUT2D eigenvalue weighted by molar-refractivity contribution is 5.49. The maximum atomic E-state index is 10.8. The number of ether oxygens (including phenoxy) is 1. The molecule has 0 saturated heterocycles. The van der Waals surface area contributed by atoms with Crippen molar-refractivity contribution in [3.63, 3.8) is 0 Å². The van der Waals surface area contributed by atoms with Crippen molar-refractivity contribution in [2.45, 2.75) is 105 Å². The molecule has 0 spiro atoms. The molecule has 33 heavy (non-hydrogen) atoms. The molecule has 3 heteroatoms. The number of hydrogen-bond donors (Lipinski definition) is 2. The van der Waals surface area contributed by atoms with Crippen molar-refractivity contribution in [2.75, 3.05) is 13.2 Å². The van der Waals surface area contributed by atoms with Gasteiger partial charge in [0.25, 0.3) is 0 Å². The molecule has 0 aliphatic heterocycles. The molecule has 184 valence electrons. The van der Waals surface area contributed by atoms with Gasteiger partial charge in [-0.2, -0.15) is 0 Å². The second-order valence-electron chi connectivity index (χ2n) is 12.1. The van der Waals surface area contributed by atoms with Crippen molar-refractivity contribution < 1.29 is 14.9 Å². The Hall–Kier alpha value is -2.00. The predicted molar refractivity (Wildman–Crippen MR) is 140 cm³/mol. The van der Waals surface area contributed by atoms with Gasteiger partial charge in [0.15, 0.2) is 0 Å². The maximum absolute atomic E-state index is 10.8. The third-order valence-electron chi connectivity index (χ3n) is 6.33. The monoisotopic (exact) mass is 454 g/mol. The molecule has 2 aromatic carbocycles. The first kappa shape index (κ1) is 27.2. The third kappa shape index (κ3) is 6.99. The van der Waals surface area contributed by atoms with Gasteiger partial charge in [-0.25, -0.2) is 0 Å². The highest BCUT2D eigenvalue weighted by Gasteiger charge is 2.23. The molecule has 0 aliphatic carbocycles. The number of phenols is 2. The Bertz CT molecular complexity index is 863. The predicted octanol–water partition coefficient (Wildman–Crippen LogP) is 7.74. The lowest BCUT2D eigenvalue weighted by atomic mass is 9.82. The van der Waals surface area contributed by atoms with E-state index in [2.05, 4.69) is 93.5 Å². The van der Waals surface area contributed by atoms with E-state index in [1.165, 1.54) is 11.1 Å². The van der Waals surface area contributed by atoms with E-state index >= 15 is 0 Å². The molecule has 2 rings (SSSR count). The quantitative estimate of drug-likeness (QED) is 0.401. The van der Waals surface area contributed by atoms with Crippen LogP contribution in [0.4, 0.5) is 0 Å². The van der Waals surface area contributed by atoms with E-state index in [-0.39, 0.29) is 22.7 Å². The number of hydrogen-bond acceptors (Lipinski definition) is 3. The summed E-state index contributed by atoms with van der Waals surface area (Å²) in [5.41, 5.74) is 6.23. The molecule has 0 atom stereocenters. The summed E-state index contributed by atoms with van der Waals surface area (Å²) >= 11 is 0. The minimum Gasteiger partial charge on any atom is -0.507 e. The fourth-order valence-corrected chi connectivity index (χ4v) is 4.23. The topological polar surface area (TPSA) is 49.7 Å². The fraction of sp³-hybridized carbons (Fsp3) is 0.600. The van der Waals surface area contributed by atoms with Crippen molar-refractivity contribution >= 4 is 0 Å². The SMILES string of the molecule is CC(C)c1cc(CCOCCc2cc(C(C)C)c(O)c(C(C)(C)C)c2)cc(C(C)(C)C)c1O. The first-order chi connectivity index (χ1) is 15.1. The second kappa shape index (κ2) is 10.5. The van der Waals surface area contributed by atoms with E-state index in [0.717, 1.165) is 35.1 Å². The van der Waals surface area contributed by atoms with Gasteiger partial charge in [-0.15, -0.1) is 0 Å². The van der Waals surface area contributed by atoms with Crippen molar-refractivity contribution in [2.24, 2.45) is 0 Å². The second-order valence-corrected chi connectivity index (χ2v) is 12.1. The lowest BCUT2D eigenvalue weighted by Crippen LogP contribution is -2.14. The van der Waals surface area contributed by atoms with E-state index in [1.54, 1.807) is 0 Å². The Balaban J connectivity index is 2.08. The van der Waals surface area contributed by atoms with Crippen LogP contribution in [0.15, 0.2) is 24.3 Å². The molecule has 0 unspecified atom stereocenters. The maximum Gasteiger partial charge on any atom is 0.122 e. The first-order valence-electron chi connectivity index (χ1n) is 12.4. The van der Waals surface area contributed by atoms with Crippen LogP contribution in [-0.2, 0) is 28.4 Å². The third-order valence-corrected chi connectivity index (χ3v) is 6.33. The van der Waals surface area contributed by atoms with Crippen molar-refractivity contribution in [1.82, 2.24) is 0 Å². The van der Waals surface area contributed by atoms with Crippen molar-refractivity contribution in [3.05, 3.63) is 57.6 Å². The van der Waals surface area contributed by atoms with Crippen LogP contribution in [0, 0.1) is 0 Å². The Labute approximate surface area is 202 Å². The van der Waals surface area contributed by atoms with Gasteiger partial charge in [-0.05, 0) is 68.9 Å². The molecule has 0 aromatic heterocycles. The van der Waals surface area contributed by atoms with E-state index in [1.807, 2.05) is 0 Å². The van der Waals surface area contributed by atoms with Crippen LogP contribution in [0.2, 0.25) is 0 Å². The molecule has 0 bridgehead atoms. The number of benzene rings is 2. The molecular weight excluding hydrogens is 408 g/mol. The van der Waals surface area contributed by atoms with Gasteiger partial charge in [0.2, 0.25) is 0 Å². The average molecular weight is 455 g/mol. The van der Waals surface area contributed by atoms with Crippen LogP contribution < -0.4 is 0 Å². The number of rotatable bonds is 8. The lowest BCUT2D eigenvalue weighted by Gasteiger charge is -2.25. The summed E-state index contributed by atoms with van der Waals surface area (Å²) in [4.78, 5) is 0. The zero-order valence-electron chi connectivity index (χ0n) is 22.6. The zero-order chi connectivity index (χ0) is 25.1. The van der Waals surface area contributed by atoms with Crippen LogP contribution in [0.3, 0.4) is 0 Å². The Morgan fingerprint density at radius 2 is 0.970 bits per heavy atom. The summed E-state index contributed by atoms with van der Waals surface area (Å²) in [7, 11) is 0. The molecular formula is C30H46O3. The summed E-state index contributed by atoms with van der Waals surface area (Å²) in [5.74, 6) is 1.41. The standard InChI is InChI=1S/C30H46O3/c1-19(2)23-15-21(17-25(27(23)31)29(5,6)7)11-13-33-14-12-22-16-24(20(3)4)28(32)26(18-22)30(8,9)10/h15-20,31-32H,11-14H2,1-10H3. The van der Waals surface area contributed by atoms with E-state index in [4.69, 9.17) is 4.74 Å². The molecule has 0 fully saturated rings. The van der Waals surface area contributed by atoms with Gasteiger partial charge in [0, 0.05) is 0 Å². The van der Waals surface area contributed by atoms with Gasteiger partial charge < -0.3 is 14.9 Å². The number of aromatic hydroxyl groups is 2. The molecule has 2 aromatic rings. The lowest BCUT2D eigenvalue weighted by molar-refractivity contribution is 0.140. The Kier molecular flexibility index (Phi) is 8.68. The summed E-state index contributed by atoms with van der Waals surface area (Å²) < 4.78 is 6.03. The summed E-state index contributed by atoms with van der Waals surface area (Å²) in [6.45, 7) is 22.6. The fourth-order valence-electron chi connectivity index (χ4n) is 4.23. The van der Waals surface area contributed by atoms with Gasteiger partial charge in [0.1, 0.15) is 11.5 Å². The first-order valence-corrected chi connectivity index (χ1v) is 12.4. The molecule has 0 amide bonds. The summed E-state index contributed by atoms with van der Waals surface area (Å²) in [5, 5.41) is 21.5. The van der Waals surface area contributed by atoms with E-state index in [0.29, 0.717) is 24.7 Å². The van der Waals surface area contributed by atoms with Gasteiger partial charge >= 0.3 is 0 Å². The number of phenolic OH excluding ortho intramolecular Hbond substituents is 2. The van der Waals surface area contributed by atoms with E-state index < -0.39 is 0 Å². The van der Waals surface area contributed by atoms with E-state index in [9.17, 15) is 10.2 Å². The normalized spacial score (nSPS) is 12.7. The smallest absolute Gasteiger partial charge is 0.122 e. The molecule has 2 N–H and O–H groups in total. The molecule has 0 radical (unpaired) electrons. The summed E-state index contributed by atoms with van der Waals surface area (Å²) in [6, 6.07) is 8.52. The highest BCUT2D eigenvalue weighted by atomic mass is 16.5. The van der Waals surface area contributed by atoms with Gasteiger partial charge in [-0.1, -0.05) is 93.5 Å². The molecule has 0 saturated carbocycles. The van der Waals surface area contributed by atoms with Crippen LogP contribution in [-0.4, -0.2) is 23.4 Å². The van der Waals surface area contributed by atoms with Crippen LogP contribution >= 0.6 is 0 Å². The van der Waals surface area contributed by atoms with Crippen molar-refractivity contribution in [3.8, 4) is 11.5 Å². The van der Waals surface area contributed by atoms with Crippen LogP contribution in [0.1, 0.15) is 114 Å². The molecule has 3 nitrogen and oxygen atoms in total. The van der Waals surface area contributed by atoms with Gasteiger partial charge in [-0.3, -0.25) is 0 Å². The molecule has 0 aliphatic rings. The highest BCUT2D eigenvalue weighted by Crippen LogP contribution is 2.39. The minimum atomic E-state index is -0.109. The average Bonchev–Trinajstić information content (AvgIpc) is 2.67. The van der Waals surface area contributed by atoms with Crippen LogP contribution in [0.25, 0.3) is 0 Å². The minimum absolute atomic E-state index is 0.109. The molecule has 0 heterocycles. The van der Waals surface area contributed by atoms with Crippen molar-refractivity contribution in [1.29, 1.82) is 0 Å². The largest absolute Gasteiger partial charge is 0.507 e. The Morgan fingerprint density at radius 3 is 1.24 bits per heavy atom. The Morgan fingerprint density at radius 1 is 0.636 bits per heavy atom. The van der Waals surface area contributed by atoms with Crippen LogP contribution in [0.5, 0.6) is 11.5 Å². The summed E-state index contributed by atoms with van der Waals surface area (Å²) in [6.07, 6.45) is 1.65.